The molecule has 1 heterocycles. The van der Waals surface area contributed by atoms with E-state index in [0.717, 1.165) is 11.1 Å². The number of hydrogen-bond acceptors (Lipinski definition) is 3. The second kappa shape index (κ2) is 7.29. The molecule has 0 atom stereocenters. The van der Waals surface area contributed by atoms with Crippen molar-refractivity contribution in [1.82, 2.24) is 9.55 Å². The number of nitrogens with zero attached hydrogens (tertiary/aromatic N) is 3. The number of hydrogen-bond donors (Lipinski definition) is 0. The van der Waals surface area contributed by atoms with E-state index in [2.05, 4.69) is 11.1 Å². The van der Waals surface area contributed by atoms with Crippen molar-refractivity contribution in [3.8, 4) is 22.9 Å². The molecular weight excluding hydrogens is 353 g/mol. The van der Waals surface area contributed by atoms with Crippen molar-refractivity contribution in [2.24, 2.45) is 0 Å². The molecule has 1 aromatic heterocycles. The van der Waals surface area contributed by atoms with Gasteiger partial charge >= 0.3 is 0 Å². The summed E-state index contributed by atoms with van der Waals surface area (Å²) in [5.74, 6) is -0.858. The van der Waals surface area contributed by atoms with Gasteiger partial charge in [-0.2, -0.15) is 5.26 Å². The summed E-state index contributed by atoms with van der Waals surface area (Å²) in [5.41, 5.74) is 3.23. The molecule has 0 saturated carbocycles. The Morgan fingerprint density at radius 1 is 1.00 bits per heavy atom. The molecule has 0 amide bonds. The van der Waals surface area contributed by atoms with Crippen LogP contribution in [0.1, 0.15) is 21.6 Å². The van der Waals surface area contributed by atoms with Gasteiger partial charge in [0.15, 0.2) is 0 Å². The lowest BCUT2D eigenvalue weighted by molar-refractivity contribution is 0.103. The highest BCUT2D eigenvalue weighted by molar-refractivity contribution is 6.07. The van der Waals surface area contributed by atoms with Crippen molar-refractivity contribution in [1.29, 1.82) is 5.26 Å². The Morgan fingerprint density at radius 3 is 2.54 bits per heavy atom. The van der Waals surface area contributed by atoms with E-state index in [9.17, 15) is 14.4 Å². The zero-order chi connectivity index (χ0) is 19.5. The number of rotatable bonds is 4. The summed E-state index contributed by atoms with van der Waals surface area (Å²) in [6, 6.07) is 22.9. The Kier molecular flexibility index (Phi) is 4.53. The lowest BCUT2D eigenvalue weighted by Crippen LogP contribution is -2.02. The Hall–Kier alpha value is -4.04. The van der Waals surface area contributed by atoms with Crippen LogP contribution in [-0.4, -0.2) is 15.3 Å². The van der Waals surface area contributed by atoms with Crippen LogP contribution in [0.2, 0.25) is 0 Å². The lowest BCUT2D eigenvalue weighted by Gasteiger charge is -2.10. The molecule has 0 unspecified atom stereocenters. The van der Waals surface area contributed by atoms with Gasteiger partial charge in [-0.05, 0) is 23.8 Å². The Balaban J connectivity index is 1.75. The third-order valence-electron chi connectivity index (χ3n) is 4.42. The molecule has 0 radical (unpaired) electrons. The Morgan fingerprint density at radius 2 is 1.79 bits per heavy atom. The smallest absolute Gasteiger partial charge is 0.213 e. The van der Waals surface area contributed by atoms with Crippen LogP contribution in [0.4, 0.5) is 4.39 Å². The molecule has 5 heteroatoms. The van der Waals surface area contributed by atoms with Gasteiger partial charge in [-0.25, -0.2) is 9.37 Å². The second-order valence-corrected chi connectivity index (χ2v) is 6.18. The number of carbonyl (C=O) groups excluding carboxylic acids is 1. The zero-order valence-electron chi connectivity index (χ0n) is 14.7. The predicted molar refractivity (Wildman–Crippen MR) is 104 cm³/mol. The quantitative estimate of drug-likeness (QED) is 0.488. The molecule has 0 aliphatic carbocycles. The Labute approximate surface area is 161 Å². The average Bonchev–Trinajstić information content (AvgIpc) is 3.23. The highest BCUT2D eigenvalue weighted by Crippen LogP contribution is 2.28. The fourth-order valence-corrected chi connectivity index (χ4v) is 3.08. The van der Waals surface area contributed by atoms with Gasteiger partial charge in [-0.15, -0.1) is 0 Å². The van der Waals surface area contributed by atoms with E-state index < -0.39 is 5.82 Å². The van der Waals surface area contributed by atoms with E-state index in [0.29, 0.717) is 11.3 Å². The first-order valence-corrected chi connectivity index (χ1v) is 8.60. The van der Waals surface area contributed by atoms with Crippen molar-refractivity contribution in [3.63, 3.8) is 0 Å². The number of benzene rings is 3. The van der Waals surface area contributed by atoms with E-state index in [1.54, 1.807) is 22.9 Å². The molecule has 134 valence electrons. The molecule has 4 rings (SSSR count). The molecule has 0 bridgehead atoms. The summed E-state index contributed by atoms with van der Waals surface area (Å²) in [7, 11) is 0. The summed E-state index contributed by atoms with van der Waals surface area (Å²) in [6.07, 6.45) is 3.04. The molecule has 0 aliphatic rings. The van der Waals surface area contributed by atoms with Crippen LogP contribution in [0.15, 0.2) is 85.3 Å². The van der Waals surface area contributed by atoms with Crippen LogP contribution in [-0.2, 0) is 0 Å². The number of ketones is 1. The van der Waals surface area contributed by atoms with E-state index in [-0.39, 0.29) is 17.0 Å². The molecule has 0 aliphatic heterocycles. The van der Waals surface area contributed by atoms with Gasteiger partial charge < -0.3 is 4.57 Å². The third kappa shape index (κ3) is 3.19. The van der Waals surface area contributed by atoms with Crippen LogP contribution in [0, 0.1) is 17.1 Å². The number of aromatic nitrogens is 2. The number of carbonyl (C=O) groups is 1. The SMILES string of the molecule is N#Cc1c(-c2ccccc2)cccc1-n1cnc(C(=O)c2cccc(F)c2)c1. The fraction of sp³-hybridized carbons (Fsp3) is 0. The number of halogens is 1. The maximum atomic E-state index is 13.4. The summed E-state index contributed by atoms with van der Waals surface area (Å²) in [4.78, 5) is 16.7. The van der Waals surface area contributed by atoms with Crippen LogP contribution in [0.3, 0.4) is 0 Å². The van der Waals surface area contributed by atoms with Gasteiger partial charge in [0, 0.05) is 17.3 Å². The zero-order valence-corrected chi connectivity index (χ0v) is 14.7. The van der Waals surface area contributed by atoms with Crippen molar-refractivity contribution < 1.29 is 9.18 Å². The van der Waals surface area contributed by atoms with Crippen molar-refractivity contribution >= 4 is 5.78 Å². The van der Waals surface area contributed by atoms with Gasteiger partial charge in [0.2, 0.25) is 5.78 Å². The topological polar surface area (TPSA) is 58.7 Å². The maximum absolute atomic E-state index is 13.4. The van der Waals surface area contributed by atoms with E-state index >= 15 is 0 Å². The first-order valence-electron chi connectivity index (χ1n) is 8.60. The summed E-state index contributed by atoms with van der Waals surface area (Å²) in [5, 5.41) is 9.75. The molecule has 0 spiro atoms. The van der Waals surface area contributed by atoms with Crippen molar-refractivity contribution in [3.05, 3.63) is 108 Å². The fourth-order valence-electron chi connectivity index (χ4n) is 3.08. The summed E-state index contributed by atoms with van der Waals surface area (Å²) < 4.78 is 15.0. The van der Waals surface area contributed by atoms with Gasteiger partial charge in [0.1, 0.15) is 23.9 Å². The monoisotopic (exact) mass is 367 g/mol. The second-order valence-electron chi connectivity index (χ2n) is 6.18. The standard InChI is InChI=1S/C23H14FN3O/c24-18-9-4-8-17(12-18)23(28)21-14-27(15-26-21)22-11-5-10-19(20(22)13-25)16-6-2-1-3-7-16/h1-12,14-15H. The minimum absolute atomic E-state index is 0.180. The highest BCUT2D eigenvalue weighted by atomic mass is 19.1. The highest BCUT2D eigenvalue weighted by Gasteiger charge is 2.16. The van der Waals surface area contributed by atoms with Crippen molar-refractivity contribution in [2.45, 2.75) is 0 Å². The minimum Gasteiger partial charge on any atom is -0.304 e. The van der Waals surface area contributed by atoms with Crippen LogP contribution in [0.25, 0.3) is 16.8 Å². The normalized spacial score (nSPS) is 10.4. The van der Waals surface area contributed by atoms with Crippen LogP contribution < -0.4 is 0 Å². The number of nitriles is 1. The van der Waals surface area contributed by atoms with E-state index in [1.165, 1.54) is 24.5 Å². The molecule has 0 saturated heterocycles. The molecular formula is C23H14FN3O. The summed E-state index contributed by atoms with van der Waals surface area (Å²) >= 11 is 0. The molecule has 3 aromatic carbocycles. The number of imidazole rings is 1. The predicted octanol–water partition coefficient (Wildman–Crippen LogP) is 4.78. The van der Waals surface area contributed by atoms with E-state index in [4.69, 9.17) is 0 Å². The van der Waals surface area contributed by atoms with Crippen LogP contribution >= 0.6 is 0 Å². The lowest BCUT2D eigenvalue weighted by atomic mass is 9.99. The molecule has 28 heavy (non-hydrogen) atoms. The Bertz CT molecular complexity index is 1210. The average molecular weight is 367 g/mol. The minimum atomic E-state index is -0.479. The first-order chi connectivity index (χ1) is 13.7. The van der Waals surface area contributed by atoms with Gasteiger partial charge in [-0.1, -0.05) is 54.6 Å². The molecule has 4 aromatic rings. The van der Waals surface area contributed by atoms with Gasteiger partial charge in [0.05, 0.1) is 11.3 Å². The van der Waals surface area contributed by atoms with Crippen LogP contribution in [0.5, 0.6) is 0 Å². The van der Waals surface area contributed by atoms with Gasteiger partial charge in [0.25, 0.3) is 0 Å². The third-order valence-corrected chi connectivity index (χ3v) is 4.42. The van der Waals surface area contributed by atoms with Gasteiger partial charge in [-0.3, -0.25) is 4.79 Å². The molecule has 0 fully saturated rings. The molecule has 0 N–H and O–H groups in total. The van der Waals surface area contributed by atoms with E-state index in [1.807, 2.05) is 42.5 Å². The maximum Gasteiger partial charge on any atom is 0.213 e. The van der Waals surface area contributed by atoms with Crippen molar-refractivity contribution in [2.75, 3.05) is 0 Å². The first kappa shape index (κ1) is 17.4. The largest absolute Gasteiger partial charge is 0.304 e. The molecule has 4 nitrogen and oxygen atoms in total. The summed E-state index contributed by atoms with van der Waals surface area (Å²) in [6.45, 7) is 0.